The number of hydrazine groups is 1. The van der Waals surface area contributed by atoms with E-state index in [1.54, 1.807) is 55.6 Å². The van der Waals surface area contributed by atoms with Crippen LogP contribution in [0.15, 0.2) is 72.8 Å². The van der Waals surface area contributed by atoms with Crippen LogP contribution in [0.2, 0.25) is 0 Å². The minimum absolute atomic E-state index is 0.249. The summed E-state index contributed by atoms with van der Waals surface area (Å²) in [4.78, 5) is 23.9. The van der Waals surface area contributed by atoms with Crippen LogP contribution in [0.1, 0.15) is 15.9 Å². The van der Waals surface area contributed by atoms with E-state index < -0.39 is 11.8 Å². The Bertz CT molecular complexity index is 984. The zero-order chi connectivity index (χ0) is 21.3. The van der Waals surface area contributed by atoms with Crippen molar-refractivity contribution >= 4 is 11.8 Å². The molecule has 0 bridgehead atoms. The molecule has 0 heterocycles. The van der Waals surface area contributed by atoms with Gasteiger partial charge >= 0.3 is 0 Å². The number of carbonyl (C=O) groups is 2. The lowest BCUT2D eigenvalue weighted by Crippen LogP contribution is -2.43. The minimum atomic E-state index is -0.489. The second-order valence-electron chi connectivity index (χ2n) is 6.41. The van der Waals surface area contributed by atoms with Gasteiger partial charge < -0.3 is 14.2 Å². The highest BCUT2D eigenvalue weighted by atomic mass is 16.5. The predicted octanol–water partition coefficient (Wildman–Crippen LogP) is 3.64. The molecule has 0 radical (unpaired) electrons. The molecule has 0 saturated carbocycles. The second kappa shape index (κ2) is 9.97. The van der Waals surface area contributed by atoms with E-state index >= 15 is 0 Å². The molecule has 3 aromatic carbocycles. The SMILES string of the molecule is COc1ccc(C(=O)NNC(=O)COc2ccc(Oc3ccc(C)cc3)cc2)cc1. The van der Waals surface area contributed by atoms with E-state index in [9.17, 15) is 9.59 Å². The van der Waals surface area contributed by atoms with Gasteiger partial charge in [-0.2, -0.15) is 0 Å². The van der Waals surface area contributed by atoms with E-state index in [1.807, 2.05) is 31.2 Å². The average molecular weight is 406 g/mol. The monoisotopic (exact) mass is 406 g/mol. The van der Waals surface area contributed by atoms with Crippen molar-refractivity contribution in [3.8, 4) is 23.0 Å². The highest BCUT2D eigenvalue weighted by Gasteiger charge is 2.08. The van der Waals surface area contributed by atoms with E-state index in [2.05, 4.69) is 10.9 Å². The fourth-order valence-corrected chi connectivity index (χ4v) is 2.47. The zero-order valence-corrected chi connectivity index (χ0v) is 16.7. The van der Waals surface area contributed by atoms with Crippen LogP contribution in [-0.2, 0) is 4.79 Å². The molecule has 0 unspecified atom stereocenters. The largest absolute Gasteiger partial charge is 0.497 e. The van der Waals surface area contributed by atoms with Crippen LogP contribution in [0.5, 0.6) is 23.0 Å². The van der Waals surface area contributed by atoms with E-state index in [0.29, 0.717) is 22.8 Å². The molecule has 3 rings (SSSR count). The number of rotatable bonds is 7. The standard InChI is InChI=1S/C23H22N2O5/c1-16-3-7-20(8-4-16)30-21-13-11-19(12-14-21)29-15-22(26)24-25-23(27)17-5-9-18(28-2)10-6-17/h3-14H,15H2,1-2H3,(H,24,26)(H,25,27). The highest BCUT2D eigenvalue weighted by molar-refractivity contribution is 5.95. The normalized spacial score (nSPS) is 10.1. The van der Waals surface area contributed by atoms with Gasteiger partial charge in [-0.3, -0.25) is 20.4 Å². The molecule has 30 heavy (non-hydrogen) atoms. The summed E-state index contributed by atoms with van der Waals surface area (Å²) in [6.07, 6.45) is 0. The maximum Gasteiger partial charge on any atom is 0.276 e. The van der Waals surface area contributed by atoms with Crippen molar-refractivity contribution in [2.45, 2.75) is 6.92 Å². The molecule has 7 heteroatoms. The third kappa shape index (κ3) is 6.00. The van der Waals surface area contributed by atoms with Crippen molar-refractivity contribution in [3.63, 3.8) is 0 Å². The molecule has 7 nitrogen and oxygen atoms in total. The lowest BCUT2D eigenvalue weighted by molar-refractivity contribution is -0.123. The maximum atomic E-state index is 12.0. The average Bonchev–Trinajstić information content (AvgIpc) is 2.78. The Morgan fingerprint density at radius 2 is 1.27 bits per heavy atom. The van der Waals surface area contributed by atoms with E-state index in [-0.39, 0.29) is 6.61 Å². The topological polar surface area (TPSA) is 85.9 Å². The summed E-state index contributed by atoms with van der Waals surface area (Å²) in [5.41, 5.74) is 6.19. The molecule has 2 N–H and O–H groups in total. The number of amides is 2. The number of hydrogen-bond donors (Lipinski definition) is 2. The fraction of sp³-hybridized carbons (Fsp3) is 0.130. The Morgan fingerprint density at radius 3 is 1.87 bits per heavy atom. The van der Waals surface area contributed by atoms with Crippen molar-refractivity contribution in [1.29, 1.82) is 0 Å². The number of hydrogen-bond acceptors (Lipinski definition) is 5. The smallest absolute Gasteiger partial charge is 0.276 e. The highest BCUT2D eigenvalue weighted by Crippen LogP contribution is 2.24. The first kappa shape index (κ1) is 20.7. The van der Waals surface area contributed by atoms with E-state index in [0.717, 1.165) is 11.3 Å². The van der Waals surface area contributed by atoms with Gasteiger partial charge in [-0.25, -0.2) is 0 Å². The van der Waals surface area contributed by atoms with Gasteiger partial charge in [0, 0.05) is 5.56 Å². The number of aryl methyl sites for hydroxylation is 1. The van der Waals surface area contributed by atoms with Crippen LogP contribution < -0.4 is 25.1 Å². The van der Waals surface area contributed by atoms with Crippen LogP contribution >= 0.6 is 0 Å². The number of methoxy groups -OCH3 is 1. The zero-order valence-electron chi connectivity index (χ0n) is 16.7. The van der Waals surface area contributed by atoms with Gasteiger partial charge in [-0.15, -0.1) is 0 Å². The molecule has 0 aliphatic heterocycles. The lowest BCUT2D eigenvalue weighted by Gasteiger charge is -2.10. The van der Waals surface area contributed by atoms with Gasteiger partial charge in [0.05, 0.1) is 7.11 Å². The van der Waals surface area contributed by atoms with E-state index in [1.165, 1.54) is 0 Å². The Kier molecular flexibility index (Phi) is 6.89. The quantitative estimate of drug-likeness (QED) is 0.585. The van der Waals surface area contributed by atoms with Gasteiger partial charge in [0.2, 0.25) is 0 Å². The Labute approximate surface area is 174 Å². The molecule has 0 spiro atoms. The molecule has 154 valence electrons. The van der Waals surface area contributed by atoms with Crippen LogP contribution in [-0.4, -0.2) is 25.5 Å². The minimum Gasteiger partial charge on any atom is -0.497 e. The first-order chi connectivity index (χ1) is 14.5. The van der Waals surface area contributed by atoms with Crippen molar-refractivity contribution in [2.24, 2.45) is 0 Å². The Hall–Kier alpha value is -4.00. The molecule has 0 saturated heterocycles. The first-order valence-corrected chi connectivity index (χ1v) is 9.24. The van der Waals surface area contributed by atoms with Crippen LogP contribution in [0, 0.1) is 6.92 Å². The Morgan fingerprint density at radius 1 is 0.733 bits per heavy atom. The summed E-state index contributed by atoms with van der Waals surface area (Å²) in [7, 11) is 1.54. The fourth-order valence-electron chi connectivity index (χ4n) is 2.47. The third-order valence-electron chi connectivity index (χ3n) is 4.12. The molecule has 0 fully saturated rings. The Balaban J connectivity index is 1.42. The molecule has 3 aromatic rings. The molecule has 0 aliphatic carbocycles. The van der Waals surface area contributed by atoms with Gasteiger partial charge in [0.15, 0.2) is 6.61 Å². The molecular weight excluding hydrogens is 384 g/mol. The number of nitrogens with one attached hydrogen (secondary N) is 2. The summed E-state index contributed by atoms with van der Waals surface area (Å²) in [5.74, 6) is 1.60. The lowest BCUT2D eigenvalue weighted by atomic mass is 10.2. The summed E-state index contributed by atoms with van der Waals surface area (Å²) in [5, 5.41) is 0. The molecular formula is C23H22N2O5. The van der Waals surface area contributed by atoms with Crippen LogP contribution in [0.3, 0.4) is 0 Å². The number of carbonyl (C=O) groups excluding carboxylic acids is 2. The van der Waals surface area contributed by atoms with Crippen molar-refractivity contribution in [3.05, 3.63) is 83.9 Å². The molecule has 0 aromatic heterocycles. The molecule has 0 atom stereocenters. The van der Waals surface area contributed by atoms with Gasteiger partial charge in [0.25, 0.3) is 11.8 Å². The van der Waals surface area contributed by atoms with Gasteiger partial charge in [-0.05, 0) is 67.6 Å². The van der Waals surface area contributed by atoms with Crippen LogP contribution in [0.4, 0.5) is 0 Å². The number of benzene rings is 3. The van der Waals surface area contributed by atoms with Gasteiger partial charge in [-0.1, -0.05) is 17.7 Å². The van der Waals surface area contributed by atoms with Crippen LogP contribution in [0.25, 0.3) is 0 Å². The van der Waals surface area contributed by atoms with Crippen molar-refractivity contribution in [1.82, 2.24) is 10.9 Å². The summed E-state index contributed by atoms with van der Waals surface area (Å²) in [6.45, 7) is 1.76. The first-order valence-electron chi connectivity index (χ1n) is 9.24. The predicted molar refractivity (Wildman–Crippen MR) is 112 cm³/mol. The maximum absolute atomic E-state index is 12.0. The second-order valence-corrected chi connectivity index (χ2v) is 6.41. The summed E-state index contributed by atoms with van der Waals surface area (Å²) in [6, 6.07) is 21.1. The summed E-state index contributed by atoms with van der Waals surface area (Å²) >= 11 is 0. The summed E-state index contributed by atoms with van der Waals surface area (Å²) < 4.78 is 16.2. The number of ether oxygens (including phenoxy) is 3. The molecule has 0 aliphatic rings. The third-order valence-corrected chi connectivity index (χ3v) is 4.12. The van der Waals surface area contributed by atoms with E-state index in [4.69, 9.17) is 14.2 Å². The van der Waals surface area contributed by atoms with Crippen molar-refractivity contribution < 1.29 is 23.8 Å². The van der Waals surface area contributed by atoms with Crippen molar-refractivity contribution in [2.75, 3.05) is 13.7 Å². The van der Waals surface area contributed by atoms with Gasteiger partial charge in [0.1, 0.15) is 23.0 Å². The molecule has 2 amide bonds.